The molecule has 0 spiro atoms. The average Bonchev–Trinajstić information content (AvgIpc) is 2.39. The van der Waals surface area contributed by atoms with Gasteiger partial charge in [-0.1, -0.05) is 0 Å². The molecule has 4 heteroatoms. The normalized spacial score (nSPS) is 23.5. The van der Waals surface area contributed by atoms with Crippen LogP contribution in [0.25, 0.3) is 0 Å². The second-order valence-electron chi connectivity index (χ2n) is 2.94. The summed E-state index contributed by atoms with van der Waals surface area (Å²) in [5.41, 5.74) is 4.91. The van der Waals surface area contributed by atoms with Gasteiger partial charge in [-0.15, -0.1) is 0 Å². The van der Waals surface area contributed by atoms with Crippen molar-refractivity contribution in [3.05, 3.63) is 0 Å². The monoisotopic (exact) mass is 157 g/mol. The van der Waals surface area contributed by atoms with E-state index in [9.17, 15) is 4.79 Å². The number of nitrogens with two attached hydrogens (primary N) is 1. The quantitative estimate of drug-likeness (QED) is 0.524. The first-order valence-electron chi connectivity index (χ1n) is 4.03. The lowest BCUT2D eigenvalue weighted by Crippen LogP contribution is -2.31. The molecule has 1 unspecified atom stereocenters. The smallest absolute Gasteiger partial charge is 0.312 e. The van der Waals surface area contributed by atoms with Gasteiger partial charge in [0, 0.05) is 6.54 Å². The van der Waals surface area contributed by atoms with Gasteiger partial charge >= 0.3 is 6.03 Å². The Morgan fingerprint density at radius 2 is 2.55 bits per heavy atom. The lowest BCUT2D eigenvalue weighted by molar-refractivity contribution is 0.248. The van der Waals surface area contributed by atoms with Crippen molar-refractivity contribution in [3.63, 3.8) is 0 Å². The van der Waals surface area contributed by atoms with E-state index in [0.29, 0.717) is 6.54 Å². The van der Waals surface area contributed by atoms with Crippen LogP contribution in [0.2, 0.25) is 0 Å². The number of nitrogens with one attached hydrogen (secondary N) is 2. The third kappa shape index (κ3) is 3.23. The highest BCUT2D eigenvalue weighted by molar-refractivity contribution is 5.71. The van der Waals surface area contributed by atoms with Crippen molar-refractivity contribution in [2.24, 2.45) is 11.7 Å². The SMILES string of the molecule is NC(=O)NCCC1CCNC1. The summed E-state index contributed by atoms with van der Waals surface area (Å²) in [4.78, 5) is 10.3. The highest BCUT2D eigenvalue weighted by Gasteiger charge is 2.13. The molecule has 1 heterocycles. The van der Waals surface area contributed by atoms with E-state index in [-0.39, 0.29) is 0 Å². The standard InChI is InChI=1S/C7H15N3O/c8-7(11)10-4-2-6-1-3-9-5-6/h6,9H,1-5H2,(H3,8,10,11). The van der Waals surface area contributed by atoms with Crippen LogP contribution in [-0.4, -0.2) is 25.7 Å². The summed E-state index contributed by atoms with van der Waals surface area (Å²) in [6, 6.07) is -0.420. The Bertz CT molecular complexity index is 132. The minimum atomic E-state index is -0.420. The fourth-order valence-corrected chi connectivity index (χ4v) is 1.36. The van der Waals surface area contributed by atoms with Gasteiger partial charge < -0.3 is 16.4 Å². The molecular formula is C7H15N3O. The van der Waals surface area contributed by atoms with Crippen LogP contribution < -0.4 is 16.4 Å². The molecule has 0 aromatic heterocycles. The van der Waals surface area contributed by atoms with Crippen LogP contribution in [-0.2, 0) is 0 Å². The maximum absolute atomic E-state index is 10.3. The molecule has 1 saturated heterocycles. The van der Waals surface area contributed by atoms with Crippen LogP contribution in [0.5, 0.6) is 0 Å². The Hall–Kier alpha value is -0.770. The van der Waals surface area contributed by atoms with Crippen LogP contribution in [0, 0.1) is 5.92 Å². The maximum Gasteiger partial charge on any atom is 0.312 e. The van der Waals surface area contributed by atoms with E-state index in [0.717, 1.165) is 25.4 Å². The highest BCUT2D eigenvalue weighted by Crippen LogP contribution is 2.10. The summed E-state index contributed by atoms with van der Waals surface area (Å²) in [6.45, 7) is 2.91. The number of hydrogen-bond acceptors (Lipinski definition) is 2. The Balaban J connectivity index is 1.98. The van der Waals surface area contributed by atoms with Crippen molar-refractivity contribution in [3.8, 4) is 0 Å². The van der Waals surface area contributed by atoms with Crippen molar-refractivity contribution in [2.75, 3.05) is 19.6 Å². The van der Waals surface area contributed by atoms with Gasteiger partial charge in [0.2, 0.25) is 0 Å². The zero-order valence-electron chi connectivity index (χ0n) is 6.60. The van der Waals surface area contributed by atoms with Crippen LogP contribution in [0.1, 0.15) is 12.8 Å². The average molecular weight is 157 g/mol. The third-order valence-corrected chi connectivity index (χ3v) is 2.01. The Labute approximate surface area is 66.5 Å². The molecule has 0 aliphatic carbocycles. The van der Waals surface area contributed by atoms with E-state index in [2.05, 4.69) is 10.6 Å². The first-order valence-corrected chi connectivity index (χ1v) is 4.03. The lowest BCUT2D eigenvalue weighted by Gasteiger charge is -2.06. The van der Waals surface area contributed by atoms with Gasteiger partial charge in [0.05, 0.1) is 0 Å². The zero-order valence-corrected chi connectivity index (χ0v) is 6.60. The van der Waals surface area contributed by atoms with Crippen molar-refractivity contribution in [1.29, 1.82) is 0 Å². The Morgan fingerprint density at radius 3 is 3.09 bits per heavy atom. The second kappa shape index (κ2) is 4.18. The number of primary amides is 1. The Kier molecular flexibility index (Phi) is 3.16. The second-order valence-corrected chi connectivity index (χ2v) is 2.94. The molecule has 1 fully saturated rings. The molecule has 0 aromatic carbocycles. The number of carbonyl (C=O) groups excluding carboxylic acids is 1. The van der Waals surface area contributed by atoms with Gasteiger partial charge in [-0.2, -0.15) is 0 Å². The van der Waals surface area contributed by atoms with Crippen molar-refractivity contribution in [1.82, 2.24) is 10.6 Å². The molecule has 1 aliphatic rings. The summed E-state index contributed by atoms with van der Waals surface area (Å²) >= 11 is 0. The molecule has 11 heavy (non-hydrogen) atoms. The van der Waals surface area contributed by atoms with Gasteiger partial charge in [-0.05, 0) is 31.8 Å². The molecule has 64 valence electrons. The van der Waals surface area contributed by atoms with Gasteiger partial charge in [0.1, 0.15) is 0 Å². The summed E-state index contributed by atoms with van der Waals surface area (Å²) < 4.78 is 0. The third-order valence-electron chi connectivity index (χ3n) is 2.01. The molecule has 0 aromatic rings. The molecule has 0 bridgehead atoms. The molecular weight excluding hydrogens is 142 g/mol. The Morgan fingerprint density at radius 1 is 1.73 bits per heavy atom. The van der Waals surface area contributed by atoms with Crippen LogP contribution in [0.4, 0.5) is 4.79 Å². The van der Waals surface area contributed by atoms with Gasteiger partial charge in [0.25, 0.3) is 0 Å². The summed E-state index contributed by atoms with van der Waals surface area (Å²) in [5.74, 6) is 0.724. The number of amides is 2. The van der Waals surface area contributed by atoms with Gasteiger partial charge in [-0.3, -0.25) is 0 Å². The van der Waals surface area contributed by atoms with Crippen LogP contribution in [0.3, 0.4) is 0 Å². The highest BCUT2D eigenvalue weighted by atomic mass is 16.2. The molecule has 1 aliphatic heterocycles. The minimum absolute atomic E-state index is 0.420. The summed E-state index contributed by atoms with van der Waals surface area (Å²) in [7, 11) is 0. The van der Waals surface area contributed by atoms with Crippen LogP contribution >= 0.6 is 0 Å². The fraction of sp³-hybridized carbons (Fsp3) is 0.857. The topological polar surface area (TPSA) is 67.2 Å². The fourth-order valence-electron chi connectivity index (χ4n) is 1.36. The molecule has 1 atom stereocenters. The zero-order chi connectivity index (χ0) is 8.10. The first kappa shape index (κ1) is 8.33. The molecule has 1 rings (SSSR count). The molecule has 2 amide bonds. The summed E-state index contributed by atoms with van der Waals surface area (Å²) in [6.07, 6.45) is 2.26. The van der Waals surface area contributed by atoms with Crippen molar-refractivity contribution in [2.45, 2.75) is 12.8 Å². The van der Waals surface area contributed by atoms with E-state index < -0.39 is 6.03 Å². The minimum Gasteiger partial charge on any atom is -0.352 e. The number of hydrogen-bond donors (Lipinski definition) is 3. The van der Waals surface area contributed by atoms with E-state index in [1.807, 2.05) is 0 Å². The van der Waals surface area contributed by atoms with Crippen molar-refractivity contribution >= 4 is 6.03 Å². The van der Waals surface area contributed by atoms with Gasteiger partial charge in [0.15, 0.2) is 0 Å². The lowest BCUT2D eigenvalue weighted by atomic mass is 10.1. The van der Waals surface area contributed by atoms with Crippen molar-refractivity contribution < 1.29 is 4.79 Å². The first-order chi connectivity index (χ1) is 5.29. The van der Waals surface area contributed by atoms with Gasteiger partial charge in [-0.25, -0.2) is 4.79 Å². The number of rotatable bonds is 3. The summed E-state index contributed by atoms with van der Waals surface area (Å²) in [5, 5.41) is 5.85. The molecule has 0 saturated carbocycles. The van der Waals surface area contributed by atoms with E-state index in [1.54, 1.807) is 0 Å². The maximum atomic E-state index is 10.3. The number of carbonyl (C=O) groups is 1. The number of urea groups is 1. The molecule has 4 N–H and O–H groups in total. The van der Waals surface area contributed by atoms with Crippen LogP contribution in [0.15, 0.2) is 0 Å². The largest absolute Gasteiger partial charge is 0.352 e. The van der Waals surface area contributed by atoms with E-state index >= 15 is 0 Å². The predicted octanol–water partition coefficient (Wildman–Crippen LogP) is -0.346. The predicted molar refractivity (Wildman–Crippen MR) is 43.2 cm³/mol. The molecule has 0 radical (unpaired) electrons. The van der Waals surface area contributed by atoms with E-state index in [1.165, 1.54) is 6.42 Å². The van der Waals surface area contributed by atoms with E-state index in [4.69, 9.17) is 5.73 Å². The molecule has 4 nitrogen and oxygen atoms in total.